The molecule has 1 saturated carbocycles. The molecule has 1 aromatic rings. The van der Waals surface area contributed by atoms with Crippen molar-refractivity contribution in [3.8, 4) is 0 Å². The molecule has 1 aliphatic carbocycles. The van der Waals surface area contributed by atoms with E-state index < -0.39 is 0 Å². The molecule has 2 nitrogen and oxygen atoms in total. The minimum atomic E-state index is -0.143. The Hall–Kier alpha value is -0.930. The van der Waals surface area contributed by atoms with Gasteiger partial charge in [0.1, 0.15) is 5.82 Å². The molecule has 98 valence electrons. The van der Waals surface area contributed by atoms with Crippen LogP contribution in [0.4, 0.5) is 4.39 Å². The summed E-state index contributed by atoms with van der Waals surface area (Å²) in [5.41, 5.74) is 1.03. The standard InChI is InChI=1S/C15H21FN2/c16-14-3-1-2-12(8-14)9-17-10-13-6-7-18(11-13)15-4-5-15/h1-3,8,13,15,17H,4-7,9-11H2. The van der Waals surface area contributed by atoms with Crippen molar-refractivity contribution >= 4 is 0 Å². The molecule has 1 aliphatic heterocycles. The van der Waals surface area contributed by atoms with Gasteiger partial charge in [-0.1, -0.05) is 12.1 Å². The average molecular weight is 248 g/mol. The van der Waals surface area contributed by atoms with E-state index in [2.05, 4.69) is 10.2 Å². The first kappa shape index (κ1) is 12.1. The van der Waals surface area contributed by atoms with Gasteiger partial charge in [-0.3, -0.25) is 0 Å². The third kappa shape index (κ3) is 3.09. The number of benzene rings is 1. The van der Waals surface area contributed by atoms with E-state index in [-0.39, 0.29) is 5.82 Å². The average Bonchev–Trinajstić information content (AvgIpc) is 3.10. The molecular formula is C15H21FN2. The maximum Gasteiger partial charge on any atom is 0.123 e. The highest BCUT2D eigenvalue weighted by Crippen LogP contribution is 2.31. The molecule has 1 N–H and O–H groups in total. The number of likely N-dealkylation sites (tertiary alicyclic amines) is 1. The molecular weight excluding hydrogens is 227 g/mol. The van der Waals surface area contributed by atoms with Crippen LogP contribution < -0.4 is 5.32 Å². The molecule has 1 atom stereocenters. The van der Waals surface area contributed by atoms with Crippen LogP contribution in [0.25, 0.3) is 0 Å². The van der Waals surface area contributed by atoms with Gasteiger partial charge in [0, 0.05) is 19.1 Å². The first-order valence-corrected chi connectivity index (χ1v) is 7.00. The molecule has 18 heavy (non-hydrogen) atoms. The molecule has 2 fully saturated rings. The predicted molar refractivity (Wildman–Crippen MR) is 70.8 cm³/mol. The molecule has 0 amide bonds. The molecule has 0 radical (unpaired) electrons. The summed E-state index contributed by atoms with van der Waals surface area (Å²) in [4.78, 5) is 2.63. The predicted octanol–water partition coefficient (Wildman–Crippen LogP) is 2.40. The number of rotatable bonds is 5. The number of hydrogen-bond donors (Lipinski definition) is 1. The third-order valence-corrected chi connectivity index (χ3v) is 4.03. The smallest absolute Gasteiger partial charge is 0.123 e. The summed E-state index contributed by atoms with van der Waals surface area (Å²) in [7, 11) is 0. The molecule has 1 saturated heterocycles. The summed E-state index contributed by atoms with van der Waals surface area (Å²) in [6.07, 6.45) is 4.12. The SMILES string of the molecule is Fc1cccc(CNCC2CCN(C3CC3)C2)c1. The van der Waals surface area contributed by atoms with Crippen LogP contribution in [0.1, 0.15) is 24.8 Å². The van der Waals surface area contributed by atoms with Crippen molar-refractivity contribution in [2.45, 2.75) is 31.8 Å². The van der Waals surface area contributed by atoms with Crippen LogP contribution in [-0.2, 0) is 6.54 Å². The van der Waals surface area contributed by atoms with Crippen LogP contribution in [-0.4, -0.2) is 30.6 Å². The fraction of sp³-hybridized carbons (Fsp3) is 0.600. The summed E-state index contributed by atoms with van der Waals surface area (Å²) in [6, 6.07) is 7.75. The zero-order valence-electron chi connectivity index (χ0n) is 10.7. The molecule has 0 bridgehead atoms. The van der Waals surface area contributed by atoms with Gasteiger partial charge in [0.2, 0.25) is 0 Å². The lowest BCUT2D eigenvalue weighted by Gasteiger charge is -2.15. The van der Waals surface area contributed by atoms with E-state index in [1.54, 1.807) is 12.1 Å². The Morgan fingerprint density at radius 3 is 2.94 bits per heavy atom. The Bertz CT molecular complexity index is 403. The first-order chi connectivity index (χ1) is 8.81. The Morgan fingerprint density at radius 2 is 2.17 bits per heavy atom. The van der Waals surface area contributed by atoms with Crippen molar-refractivity contribution in [3.05, 3.63) is 35.6 Å². The van der Waals surface area contributed by atoms with Crippen LogP contribution in [0.3, 0.4) is 0 Å². The fourth-order valence-corrected chi connectivity index (χ4v) is 2.87. The van der Waals surface area contributed by atoms with Crippen molar-refractivity contribution in [2.75, 3.05) is 19.6 Å². The van der Waals surface area contributed by atoms with Crippen LogP contribution in [0.5, 0.6) is 0 Å². The van der Waals surface area contributed by atoms with E-state index in [4.69, 9.17) is 0 Å². The topological polar surface area (TPSA) is 15.3 Å². The van der Waals surface area contributed by atoms with E-state index in [1.165, 1.54) is 38.4 Å². The second-order valence-electron chi connectivity index (χ2n) is 5.64. The number of halogens is 1. The highest BCUT2D eigenvalue weighted by molar-refractivity contribution is 5.15. The van der Waals surface area contributed by atoms with Gasteiger partial charge in [-0.2, -0.15) is 0 Å². The lowest BCUT2D eigenvalue weighted by atomic mass is 10.1. The number of nitrogens with one attached hydrogen (secondary N) is 1. The van der Waals surface area contributed by atoms with Crippen LogP contribution >= 0.6 is 0 Å². The Labute approximate surface area is 108 Å². The van der Waals surface area contributed by atoms with Crippen LogP contribution in [0.2, 0.25) is 0 Å². The van der Waals surface area contributed by atoms with Gasteiger partial charge in [0.25, 0.3) is 0 Å². The van der Waals surface area contributed by atoms with Crippen molar-refractivity contribution in [2.24, 2.45) is 5.92 Å². The van der Waals surface area contributed by atoms with E-state index >= 15 is 0 Å². The lowest BCUT2D eigenvalue weighted by molar-refractivity contribution is 0.312. The zero-order chi connectivity index (χ0) is 12.4. The highest BCUT2D eigenvalue weighted by Gasteiger charge is 2.33. The van der Waals surface area contributed by atoms with Gasteiger partial charge in [0.15, 0.2) is 0 Å². The van der Waals surface area contributed by atoms with Crippen molar-refractivity contribution in [1.29, 1.82) is 0 Å². The normalized spacial score (nSPS) is 24.6. The van der Waals surface area contributed by atoms with Gasteiger partial charge < -0.3 is 10.2 Å². The molecule has 1 unspecified atom stereocenters. The van der Waals surface area contributed by atoms with Gasteiger partial charge in [-0.15, -0.1) is 0 Å². The van der Waals surface area contributed by atoms with Crippen molar-refractivity contribution < 1.29 is 4.39 Å². The monoisotopic (exact) mass is 248 g/mol. The van der Waals surface area contributed by atoms with E-state index in [9.17, 15) is 4.39 Å². The highest BCUT2D eigenvalue weighted by atomic mass is 19.1. The van der Waals surface area contributed by atoms with Gasteiger partial charge in [-0.25, -0.2) is 4.39 Å². The van der Waals surface area contributed by atoms with E-state index in [1.807, 2.05) is 6.07 Å². The quantitative estimate of drug-likeness (QED) is 0.861. The molecule has 1 aromatic carbocycles. The summed E-state index contributed by atoms with van der Waals surface area (Å²) in [5.74, 6) is 0.634. The third-order valence-electron chi connectivity index (χ3n) is 4.03. The summed E-state index contributed by atoms with van der Waals surface area (Å²) < 4.78 is 13.0. The Kier molecular flexibility index (Phi) is 3.62. The second-order valence-corrected chi connectivity index (χ2v) is 5.64. The molecule has 1 heterocycles. The minimum Gasteiger partial charge on any atom is -0.312 e. The molecule has 0 aromatic heterocycles. The van der Waals surface area contributed by atoms with E-state index in [0.717, 1.165) is 30.6 Å². The summed E-state index contributed by atoms with van der Waals surface area (Å²) in [5, 5.41) is 3.46. The van der Waals surface area contributed by atoms with Crippen LogP contribution in [0.15, 0.2) is 24.3 Å². The Balaban J connectivity index is 1.39. The lowest BCUT2D eigenvalue weighted by Crippen LogP contribution is -2.27. The number of nitrogens with zero attached hydrogens (tertiary/aromatic N) is 1. The molecule has 2 aliphatic rings. The van der Waals surface area contributed by atoms with E-state index in [0.29, 0.717) is 0 Å². The fourth-order valence-electron chi connectivity index (χ4n) is 2.87. The molecule has 0 spiro atoms. The van der Waals surface area contributed by atoms with Crippen LogP contribution in [0, 0.1) is 11.7 Å². The largest absolute Gasteiger partial charge is 0.312 e. The number of hydrogen-bond acceptors (Lipinski definition) is 2. The summed E-state index contributed by atoms with van der Waals surface area (Å²) >= 11 is 0. The van der Waals surface area contributed by atoms with Gasteiger partial charge in [0.05, 0.1) is 0 Å². The minimum absolute atomic E-state index is 0.143. The maximum atomic E-state index is 13.0. The Morgan fingerprint density at radius 1 is 1.28 bits per heavy atom. The second kappa shape index (κ2) is 5.37. The summed E-state index contributed by atoms with van der Waals surface area (Å²) in [6.45, 7) is 4.36. The molecule has 3 heteroatoms. The molecule has 3 rings (SSSR count). The maximum absolute atomic E-state index is 13.0. The zero-order valence-corrected chi connectivity index (χ0v) is 10.7. The van der Waals surface area contributed by atoms with Gasteiger partial charge in [-0.05, 0) is 56.0 Å². The van der Waals surface area contributed by atoms with Gasteiger partial charge >= 0.3 is 0 Å². The first-order valence-electron chi connectivity index (χ1n) is 7.00. The van der Waals surface area contributed by atoms with Crippen molar-refractivity contribution in [3.63, 3.8) is 0 Å². The van der Waals surface area contributed by atoms with Crippen molar-refractivity contribution in [1.82, 2.24) is 10.2 Å².